The summed E-state index contributed by atoms with van der Waals surface area (Å²) < 4.78 is 6.34. The quantitative estimate of drug-likeness (QED) is 0.231. The molecule has 0 radical (unpaired) electrons. The zero-order valence-electron chi connectivity index (χ0n) is 23.7. The number of carbonyl (C=O) groups excluding carboxylic acids is 4. The van der Waals surface area contributed by atoms with E-state index in [1.165, 1.54) is 23.6 Å². The first-order chi connectivity index (χ1) is 20.4. The molecule has 10 heteroatoms. The van der Waals surface area contributed by atoms with Crippen molar-refractivity contribution < 1.29 is 23.9 Å². The van der Waals surface area contributed by atoms with Gasteiger partial charge in [0.15, 0.2) is 5.78 Å². The van der Waals surface area contributed by atoms with Crippen LogP contribution in [0.5, 0.6) is 0 Å². The minimum atomic E-state index is -1.07. The maximum absolute atomic E-state index is 14.2. The lowest BCUT2D eigenvalue weighted by Crippen LogP contribution is -2.48. The standard InChI is InChI=1S/C32H33N5O5/c1-21(38)22-16-18-26(19-17-22)37(29(39)20-36-28-11-7-6-10-27(28)34-35-36)30(31(40)33-25-8-4-3-5-9-25)23-12-14-24(15-13-23)32(41)42-2/h6-7,10-19,25,30H,3-5,8-9,20H2,1-2H3,(H,33,40). The molecule has 1 aromatic heterocycles. The summed E-state index contributed by atoms with van der Waals surface area (Å²) >= 11 is 0. The van der Waals surface area contributed by atoms with E-state index in [1.54, 1.807) is 48.5 Å². The topological polar surface area (TPSA) is 123 Å². The van der Waals surface area contributed by atoms with Crippen LogP contribution in [0.1, 0.15) is 71.3 Å². The molecule has 0 saturated heterocycles. The SMILES string of the molecule is COC(=O)c1ccc(C(C(=O)NC2CCCCC2)N(C(=O)Cn2nnc3ccccc32)c2ccc(C(C)=O)cc2)cc1. The number of fused-ring (bicyclic) bond motifs is 1. The lowest BCUT2D eigenvalue weighted by atomic mass is 9.94. The van der Waals surface area contributed by atoms with Gasteiger partial charge in [0, 0.05) is 17.3 Å². The number of nitrogens with one attached hydrogen (secondary N) is 1. The summed E-state index contributed by atoms with van der Waals surface area (Å²) in [6.45, 7) is 1.29. The molecule has 0 aliphatic heterocycles. The van der Waals surface area contributed by atoms with E-state index in [4.69, 9.17) is 4.74 Å². The van der Waals surface area contributed by atoms with Crippen molar-refractivity contribution >= 4 is 40.3 Å². The van der Waals surface area contributed by atoms with Crippen LogP contribution >= 0.6 is 0 Å². The van der Waals surface area contributed by atoms with Crippen molar-refractivity contribution in [1.29, 1.82) is 0 Å². The normalized spacial score (nSPS) is 14.2. The van der Waals surface area contributed by atoms with Crippen LogP contribution in [0.25, 0.3) is 11.0 Å². The van der Waals surface area contributed by atoms with Crippen molar-refractivity contribution in [2.24, 2.45) is 0 Å². The number of amides is 2. The van der Waals surface area contributed by atoms with Gasteiger partial charge in [-0.15, -0.1) is 5.10 Å². The van der Waals surface area contributed by atoms with Crippen molar-refractivity contribution in [2.45, 2.75) is 57.7 Å². The van der Waals surface area contributed by atoms with Gasteiger partial charge < -0.3 is 10.1 Å². The molecule has 1 aliphatic carbocycles. The second kappa shape index (κ2) is 12.8. The molecule has 1 aliphatic rings. The molecule has 42 heavy (non-hydrogen) atoms. The summed E-state index contributed by atoms with van der Waals surface area (Å²) in [5.41, 5.74) is 3.10. The van der Waals surface area contributed by atoms with E-state index >= 15 is 0 Å². The summed E-state index contributed by atoms with van der Waals surface area (Å²) in [6.07, 6.45) is 4.91. The van der Waals surface area contributed by atoms with Gasteiger partial charge in [-0.05, 0) is 73.9 Å². The molecule has 1 N–H and O–H groups in total. The Morgan fingerprint density at radius 3 is 2.26 bits per heavy atom. The highest BCUT2D eigenvalue weighted by Crippen LogP contribution is 2.30. The lowest BCUT2D eigenvalue weighted by molar-refractivity contribution is -0.127. The molecule has 5 rings (SSSR count). The molecule has 0 spiro atoms. The maximum atomic E-state index is 14.2. The van der Waals surface area contributed by atoms with Crippen LogP contribution in [0.2, 0.25) is 0 Å². The maximum Gasteiger partial charge on any atom is 0.337 e. The first kappa shape index (κ1) is 28.7. The van der Waals surface area contributed by atoms with Crippen LogP contribution in [-0.4, -0.2) is 51.7 Å². The van der Waals surface area contributed by atoms with E-state index in [1.807, 2.05) is 24.3 Å². The Hall–Kier alpha value is -4.86. The van der Waals surface area contributed by atoms with Gasteiger partial charge in [-0.3, -0.25) is 19.3 Å². The van der Waals surface area contributed by atoms with Crippen LogP contribution in [0, 0.1) is 0 Å². The summed E-state index contributed by atoms with van der Waals surface area (Å²) in [6, 6.07) is 19.3. The predicted octanol–water partition coefficient (Wildman–Crippen LogP) is 4.64. The zero-order chi connectivity index (χ0) is 29.6. The fraction of sp³-hybridized carbons (Fsp3) is 0.312. The Morgan fingerprint density at radius 1 is 0.929 bits per heavy atom. The number of nitrogens with zero attached hydrogens (tertiary/aromatic N) is 4. The lowest BCUT2D eigenvalue weighted by Gasteiger charge is -2.33. The molecule has 216 valence electrons. The summed E-state index contributed by atoms with van der Waals surface area (Å²) in [5.74, 6) is -1.35. The van der Waals surface area contributed by atoms with Crippen molar-refractivity contribution in [2.75, 3.05) is 12.0 Å². The second-order valence-corrected chi connectivity index (χ2v) is 10.5. The van der Waals surface area contributed by atoms with Gasteiger partial charge in [0.25, 0.3) is 0 Å². The number of esters is 1. The molecule has 2 amide bonds. The van der Waals surface area contributed by atoms with E-state index in [0.29, 0.717) is 33.4 Å². The molecular formula is C32H33N5O5. The number of carbonyl (C=O) groups is 4. The number of para-hydroxylation sites is 1. The number of aromatic nitrogens is 3. The molecule has 1 fully saturated rings. The van der Waals surface area contributed by atoms with E-state index in [2.05, 4.69) is 15.6 Å². The van der Waals surface area contributed by atoms with Crippen LogP contribution in [-0.2, 0) is 20.9 Å². The number of hydrogen-bond donors (Lipinski definition) is 1. The average molecular weight is 568 g/mol. The summed E-state index contributed by atoms with van der Waals surface area (Å²) in [4.78, 5) is 53.9. The number of ether oxygens (including phenoxy) is 1. The number of hydrogen-bond acceptors (Lipinski definition) is 7. The summed E-state index contributed by atoms with van der Waals surface area (Å²) in [7, 11) is 1.30. The highest BCUT2D eigenvalue weighted by molar-refractivity contribution is 6.02. The van der Waals surface area contributed by atoms with Crippen molar-refractivity contribution in [3.63, 3.8) is 0 Å². The fourth-order valence-electron chi connectivity index (χ4n) is 5.40. The highest BCUT2D eigenvalue weighted by atomic mass is 16.5. The fourth-order valence-corrected chi connectivity index (χ4v) is 5.40. The van der Waals surface area contributed by atoms with Gasteiger partial charge in [-0.1, -0.05) is 48.7 Å². The predicted molar refractivity (Wildman–Crippen MR) is 157 cm³/mol. The van der Waals surface area contributed by atoms with Gasteiger partial charge in [-0.25, -0.2) is 9.48 Å². The number of Topliss-reactive ketones (excluding diaryl/α,β-unsaturated/α-hetero) is 1. The number of ketones is 1. The highest BCUT2D eigenvalue weighted by Gasteiger charge is 2.34. The first-order valence-electron chi connectivity index (χ1n) is 14.1. The summed E-state index contributed by atoms with van der Waals surface area (Å²) in [5, 5.41) is 11.5. The monoisotopic (exact) mass is 567 g/mol. The third-order valence-electron chi connectivity index (χ3n) is 7.63. The van der Waals surface area contributed by atoms with E-state index < -0.39 is 17.9 Å². The van der Waals surface area contributed by atoms with Crippen LogP contribution in [0.3, 0.4) is 0 Å². The van der Waals surface area contributed by atoms with Gasteiger partial charge in [0.2, 0.25) is 11.8 Å². The van der Waals surface area contributed by atoms with Crippen LogP contribution in [0.4, 0.5) is 5.69 Å². The number of benzene rings is 3. The molecule has 0 bridgehead atoms. The first-order valence-corrected chi connectivity index (χ1v) is 14.1. The van der Waals surface area contributed by atoms with E-state index in [0.717, 1.165) is 32.1 Å². The number of rotatable bonds is 9. The van der Waals surface area contributed by atoms with E-state index in [9.17, 15) is 19.2 Å². The van der Waals surface area contributed by atoms with Gasteiger partial charge in [-0.2, -0.15) is 0 Å². The number of anilines is 1. The Bertz CT molecular complexity index is 1590. The van der Waals surface area contributed by atoms with E-state index in [-0.39, 0.29) is 24.3 Å². The van der Waals surface area contributed by atoms with Crippen molar-refractivity contribution in [3.05, 3.63) is 89.5 Å². The molecule has 1 saturated carbocycles. The molecule has 3 aromatic carbocycles. The molecule has 1 unspecified atom stereocenters. The van der Waals surface area contributed by atoms with Crippen LogP contribution < -0.4 is 10.2 Å². The Kier molecular flexibility index (Phi) is 8.71. The second-order valence-electron chi connectivity index (χ2n) is 10.5. The van der Waals surface area contributed by atoms with Crippen molar-refractivity contribution in [1.82, 2.24) is 20.3 Å². The molecule has 4 aromatic rings. The largest absolute Gasteiger partial charge is 0.465 e. The third-order valence-corrected chi connectivity index (χ3v) is 7.63. The third kappa shape index (κ3) is 6.22. The minimum Gasteiger partial charge on any atom is -0.465 e. The molecular weight excluding hydrogens is 534 g/mol. The zero-order valence-corrected chi connectivity index (χ0v) is 23.7. The molecule has 1 atom stereocenters. The smallest absolute Gasteiger partial charge is 0.337 e. The number of methoxy groups -OCH3 is 1. The van der Waals surface area contributed by atoms with Crippen molar-refractivity contribution in [3.8, 4) is 0 Å². The average Bonchev–Trinajstić information content (AvgIpc) is 3.42. The Balaban J connectivity index is 1.58. The minimum absolute atomic E-state index is 0.000563. The van der Waals surface area contributed by atoms with Gasteiger partial charge in [0.05, 0.1) is 18.2 Å². The van der Waals surface area contributed by atoms with Gasteiger partial charge in [0.1, 0.15) is 18.1 Å². The van der Waals surface area contributed by atoms with Crippen LogP contribution in [0.15, 0.2) is 72.8 Å². The Labute approximate surface area is 243 Å². The molecule has 10 nitrogen and oxygen atoms in total. The molecule has 1 heterocycles. The van der Waals surface area contributed by atoms with Gasteiger partial charge >= 0.3 is 5.97 Å². The Morgan fingerprint density at radius 2 is 1.60 bits per heavy atom.